The maximum Gasteiger partial charge on any atom is 0.219 e. The van der Waals surface area contributed by atoms with Gasteiger partial charge < -0.3 is 10.6 Å². The summed E-state index contributed by atoms with van der Waals surface area (Å²) < 4.78 is 26.0. The Bertz CT molecular complexity index is 389. The number of amides is 1. The lowest BCUT2D eigenvalue weighted by Crippen LogP contribution is -2.18. The van der Waals surface area contributed by atoms with E-state index in [2.05, 4.69) is 10.6 Å². The van der Waals surface area contributed by atoms with Crippen LogP contribution in [0.2, 0.25) is 5.02 Å². The van der Waals surface area contributed by atoms with Crippen molar-refractivity contribution in [2.24, 2.45) is 0 Å². The number of halogens is 3. The van der Waals surface area contributed by atoms with Crippen LogP contribution in [0.25, 0.3) is 0 Å². The van der Waals surface area contributed by atoms with Crippen LogP contribution in [0.3, 0.4) is 0 Å². The van der Waals surface area contributed by atoms with Crippen LogP contribution in [-0.2, 0) is 4.79 Å². The van der Waals surface area contributed by atoms with E-state index < -0.39 is 11.6 Å². The maximum absolute atomic E-state index is 13.3. The van der Waals surface area contributed by atoms with E-state index in [1.54, 1.807) is 7.05 Å². The zero-order valence-corrected chi connectivity index (χ0v) is 10.1. The summed E-state index contributed by atoms with van der Waals surface area (Å²) in [6.45, 7) is 0.385. The Morgan fingerprint density at radius 1 is 1.41 bits per heavy atom. The summed E-state index contributed by atoms with van der Waals surface area (Å²) in [4.78, 5) is 10.9. The molecule has 3 nitrogen and oxygen atoms in total. The van der Waals surface area contributed by atoms with Gasteiger partial charge >= 0.3 is 0 Å². The predicted molar refractivity (Wildman–Crippen MR) is 63.2 cm³/mol. The Labute approximate surface area is 103 Å². The van der Waals surface area contributed by atoms with Crippen molar-refractivity contribution in [1.29, 1.82) is 0 Å². The van der Waals surface area contributed by atoms with Crippen LogP contribution < -0.4 is 10.6 Å². The summed E-state index contributed by atoms with van der Waals surface area (Å²) in [6, 6.07) is 1.79. The number of carbonyl (C=O) groups is 1. The first-order valence-corrected chi connectivity index (χ1v) is 5.51. The van der Waals surface area contributed by atoms with Crippen molar-refractivity contribution >= 4 is 23.2 Å². The average Bonchev–Trinajstić information content (AvgIpc) is 2.26. The van der Waals surface area contributed by atoms with Crippen LogP contribution in [0.5, 0.6) is 0 Å². The molecule has 1 aromatic rings. The number of rotatable bonds is 5. The highest BCUT2D eigenvalue weighted by atomic mass is 35.5. The zero-order valence-electron chi connectivity index (χ0n) is 9.32. The fourth-order valence-electron chi connectivity index (χ4n) is 1.30. The molecule has 0 radical (unpaired) electrons. The van der Waals surface area contributed by atoms with Crippen molar-refractivity contribution in [1.82, 2.24) is 5.32 Å². The van der Waals surface area contributed by atoms with Crippen molar-refractivity contribution in [2.75, 3.05) is 18.9 Å². The van der Waals surface area contributed by atoms with Crippen LogP contribution in [0.15, 0.2) is 12.1 Å². The van der Waals surface area contributed by atoms with Gasteiger partial charge in [-0.25, -0.2) is 8.78 Å². The topological polar surface area (TPSA) is 41.1 Å². The van der Waals surface area contributed by atoms with E-state index in [0.717, 1.165) is 12.1 Å². The third-order valence-electron chi connectivity index (χ3n) is 2.17. The molecule has 6 heteroatoms. The second kappa shape index (κ2) is 6.39. The van der Waals surface area contributed by atoms with Gasteiger partial charge in [-0.15, -0.1) is 0 Å². The first kappa shape index (κ1) is 13.7. The second-order valence-corrected chi connectivity index (χ2v) is 3.86. The zero-order chi connectivity index (χ0) is 12.8. The molecule has 0 bridgehead atoms. The molecule has 0 aromatic heterocycles. The number of anilines is 1. The van der Waals surface area contributed by atoms with Gasteiger partial charge in [0.25, 0.3) is 0 Å². The summed E-state index contributed by atoms with van der Waals surface area (Å²) in [5.74, 6) is -1.55. The van der Waals surface area contributed by atoms with Crippen molar-refractivity contribution in [3.05, 3.63) is 28.8 Å². The van der Waals surface area contributed by atoms with E-state index in [1.807, 2.05) is 0 Å². The largest absolute Gasteiger partial charge is 0.381 e. The van der Waals surface area contributed by atoms with Gasteiger partial charge in [0, 0.05) is 26.1 Å². The minimum atomic E-state index is -0.741. The Balaban J connectivity index is 2.50. The van der Waals surface area contributed by atoms with Gasteiger partial charge in [-0.1, -0.05) is 11.6 Å². The molecule has 0 aliphatic carbocycles. The van der Waals surface area contributed by atoms with Crippen molar-refractivity contribution in [3.63, 3.8) is 0 Å². The molecular formula is C11H13ClF2N2O. The SMILES string of the molecule is CNC(=O)CCCNc1c(F)cc(F)cc1Cl. The smallest absolute Gasteiger partial charge is 0.219 e. The third kappa shape index (κ3) is 4.19. The Morgan fingerprint density at radius 2 is 2.12 bits per heavy atom. The first-order chi connectivity index (χ1) is 8.04. The molecule has 17 heavy (non-hydrogen) atoms. The molecule has 0 aliphatic heterocycles. The van der Waals surface area contributed by atoms with Gasteiger partial charge in [0.1, 0.15) is 5.82 Å². The molecule has 1 aromatic carbocycles. The molecule has 0 saturated heterocycles. The van der Waals surface area contributed by atoms with Crippen molar-refractivity contribution < 1.29 is 13.6 Å². The summed E-state index contributed by atoms with van der Waals surface area (Å²) in [6.07, 6.45) is 0.872. The number of hydrogen-bond acceptors (Lipinski definition) is 2. The molecule has 0 spiro atoms. The van der Waals surface area contributed by atoms with Gasteiger partial charge in [0.15, 0.2) is 5.82 Å². The fraction of sp³-hybridized carbons (Fsp3) is 0.364. The standard InChI is InChI=1S/C11H13ClF2N2O/c1-15-10(17)3-2-4-16-11-8(12)5-7(13)6-9(11)14/h5-6,16H,2-4H2,1H3,(H,15,17). The summed E-state index contributed by atoms with van der Waals surface area (Å²) >= 11 is 5.68. The van der Waals surface area contributed by atoms with Crippen molar-refractivity contribution in [2.45, 2.75) is 12.8 Å². The molecule has 0 aliphatic rings. The lowest BCUT2D eigenvalue weighted by Gasteiger charge is -2.09. The van der Waals surface area contributed by atoms with Gasteiger partial charge in [-0.2, -0.15) is 0 Å². The van der Waals surface area contributed by atoms with E-state index >= 15 is 0 Å². The van der Waals surface area contributed by atoms with Gasteiger partial charge in [-0.05, 0) is 12.5 Å². The molecule has 2 N–H and O–H groups in total. The van der Waals surface area contributed by atoms with E-state index in [1.165, 1.54) is 0 Å². The minimum Gasteiger partial charge on any atom is -0.381 e. The second-order valence-electron chi connectivity index (χ2n) is 3.45. The molecule has 0 heterocycles. The average molecular weight is 263 g/mol. The summed E-state index contributed by atoms with van der Waals surface area (Å²) in [5.41, 5.74) is 0.0602. The Morgan fingerprint density at radius 3 is 2.71 bits per heavy atom. The number of nitrogens with one attached hydrogen (secondary N) is 2. The van der Waals surface area contributed by atoms with Gasteiger partial charge in [0.05, 0.1) is 10.7 Å². The third-order valence-corrected chi connectivity index (χ3v) is 2.47. The first-order valence-electron chi connectivity index (χ1n) is 5.13. The lowest BCUT2D eigenvalue weighted by molar-refractivity contribution is -0.120. The monoisotopic (exact) mass is 262 g/mol. The van der Waals surface area contributed by atoms with Crippen LogP contribution in [-0.4, -0.2) is 19.5 Å². The number of benzene rings is 1. The lowest BCUT2D eigenvalue weighted by atomic mass is 10.2. The highest BCUT2D eigenvalue weighted by Gasteiger charge is 2.09. The molecule has 0 fully saturated rings. The maximum atomic E-state index is 13.3. The number of hydrogen-bond donors (Lipinski definition) is 2. The highest BCUT2D eigenvalue weighted by molar-refractivity contribution is 6.33. The highest BCUT2D eigenvalue weighted by Crippen LogP contribution is 2.26. The molecule has 0 atom stereocenters. The molecule has 1 rings (SSSR count). The summed E-state index contributed by atoms with van der Waals surface area (Å²) in [7, 11) is 1.55. The van der Waals surface area contributed by atoms with Crippen LogP contribution in [0.1, 0.15) is 12.8 Å². The quantitative estimate of drug-likeness (QED) is 0.801. The normalized spacial score (nSPS) is 10.1. The van der Waals surface area contributed by atoms with Crippen LogP contribution >= 0.6 is 11.6 Å². The van der Waals surface area contributed by atoms with E-state index in [9.17, 15) is 13.6 Å². The molecular weight excluding hydrogens is 250 g/mol. The molecule has 0 saturated carbocycles. The van der Waals surface area contributed by atoms with E-state index in [0.29, 0.717) is 19.4 Å². The predicted octanol–water partition coefficient (Wildman–Crippen LogP) is 2.56. The van der Waals surface area contributed by atoms with Gasteiger partial charge in [-0.3, -0.25) is 4.79 Å². The van der Waals surface area contributed by atoms with Crippen molar-refractivity contribution in [3.8, 4) is 0 Å². The number of carbonyl (C=O) groups excluding carboxylic acids is 1. The molecule has 0 unspecified atom stereocenters. The molecule has 1 amide bonds. The molecule has 94 valence electrons. The Hall–Kier alpha value is -1.36. The Kier molecular flexibility index (Phi) is 5.15. The van der Waals surface area contributed by atoms with Crippen LogP contribution in [0.4, 0.5) is 14.5 Å². The fourth-order valence-corrected chi connectivity index (χ4v) is 1.56. The minimum absolute atomic E-state index is 0.0116. The summed E-state index contributed by atoms with van der Waals surface area (Å²) in [5, 5.41) is 5.20. The van der Waals surface area contributed by atoms with Crippen LogP contribution in [0, 0.1) is 11.6 Å². The van der Waals surface area contributed by atoms with E-state index in [-0.39, 0.29) is 16.6 Å². The van der Waals surface area contributed by atoms with Gasteiger partial charge in [0.2, 0.25) is 5.91 Å². The van der Waals surface area contributed by atoms with E-state index in [4.69, 9.17) is 11.6 Å².